The maximum Gasteiger partial charge on any atom is 0.230 e. The fourth-order valence-corrected chi connectivity index (χ4v) is 3.90. The van der Waals surface area contributed by atoms with Crippen LogP contribution in [0.15, 0.2) is 35.5 Å². The molecule has 0 spiro atoms. The van der Waals surface area contributed by atoms with E-state index < -0.39 is 0 Å². The smallest absolute Gasteiger partial charge is 0.230 e. The molecule has 1 aromatic heterocycles. The lowest BCUT2D eigenvalue weighted by Crippen LogP contribution is -2.33. The minimum atomic E-state index is 0.0995. The molecular formula is C18H22N4OS. The topological polar surface area (TPSA) is 59.8 Å². The first-order chi connectivity index (χ1) is 11.8. The first-order valence-electron chi connectivity index (χ1n) is 8.74. The van der Waals surface area contributed by atoms with Gasteiger partial charge in [-0.3, -0.25) is 4.79 Å². The molecule has 4 rings (SSSR count). The fourth-order valence-electron chi connectivity index (χ4n) is 3.13. The first kappa shape index (κ1) is 15.7. The highest BCUT2D eigenvalue weighted by Gasteiger charge is 2.29. The monoisotopic (exact) mass is 342 g/mol. The van der Waals surface area contributed by atoms with Crippen molar-refractivity contribution in [2.24, 2.45) is 0 Å². The summed E-state index contributed by atoms with van der Waals surface area (Å²) in [5.41, 5.74) is 0.996. The molecule has 1 N–H and O–H groups in total. The van der Waals surface area contributed by atoms with Gasteiger partial charge in [-0.2, -0.15) is 0 Å². The van der Waals surface area contributed by atoms with Gasteiger partial charge < -0.3 is 5.32 Å². The van der Waals surface area contributed by atoms with Crippen molar-refractivity contribution in [2.75, 3.05) is 5.75 Å². The number of carbonyl (C=O) groups excluding carboxylic acids is 1. The minimum Gasteiger partial charge on any atom is -0.353 e. The summed E-state index contributed by atoms with van der Waals surface area (Å²) in [6.45, 7) is 0. The molecule has 1 heterocycles. The molecular weight excluding hydrogens is 320 g/mol. The predicted octanol–water partition coefficient (Wildman–Crippen LogP) is 3.30. The van der Waals surface area contributed by atoms with E-state index in [4.69, 9.17) is 0 Å². The number of nitrogens with zero attached hydrogens (tertiary/aromatic N) is 3. The van der Waals surface area contributed by atoms with Crippen molar-refractivity contribution in [3.8, 4) is 5.69 Å². The van der Waals surface area contributed by atoms with E-state index in [1.165, 1.54) is 37.4 Å². The van der Waals surface area contributed by atoms with Crippen LogP contribution in [-0.4, -0.2) is 32.5 Å². The summed E-state index contributed by atoms with van der Waals surface area (Å²) >= 11 is 1.48. The number of para-hydroxylation sites is 1. The average molecular weight is 342 g/mol. The summed E-state index contributed by atoms with van der Waals surface area (Å²) in [5, 5.41) is 8.62. The summed E-state index contributed by atoms with van der Waals surface area (Å²) in [6, 6.07) is 10.4. The van der Waals surface area contributed by atoms with Gasteiger partial charge in [0.1, 0.15) is 0 Å². The van der Waals surface area contributed by atoms with E-state index in [2.05, 4.69) is 15.4 Å². The van der Waals surface area contributed by atoms with Crippen molar-refractivity contribution < 1.29 is 4.79 Å². The highest BCUT2D eigenvalue weighted by Crippen LogP contribution is 2.39. The summed E-state index contributed by atoms with van der Waals surface area (Å²) in [5.74, 6) is 1.91. The summed E-state index contributed by atoms with van der Waals surface area (Å²) in [7, 11) is 0. The van der Waals surface area contributed by atoms with Crippen LogP contribution in [0.25, 0.3) is 5.69 Å². The fraction of sp³-hybridized carbons (Fsp3) is 0.500. The van der Waals surface area contributed by atoms with Crippen molar-refractivity contribution in [1.82, 2.24) is 20.1 Å². The van der Waals surface area contributed by atoms with Gasteiger partial charge in [0.15, 0.2) is 11.0 Å². The molecule has 2 aliphatic rings. The second kappa shape index (κ2) is 6.97. The summed E-state index contributed by atoms with van der Waals surface area (Å²) in [4.78, 5) is 16.9. The zero-order valence-electron chi connectivity index (χ0n) is 13.6. The van der Waals surface area contributed by atoms with Crippen molar-refractivity contribution in [2.45, 2.75) is 55.6 Å². The zero-order chi connectivity index (χ0) is 16.4. The minimum absolute atomic E-state index is 0.0995. The average Bonchev–Trinajstić information content (AvgIpc) is 3.17. The van der Waals surface area contributed by atoms with Crippen LogP contribution >= 0.6 is 11.8 Å². The molecule has 24 heavy (non-hydrogen) atoms. The standard InChI is InChI=1S/C18H22N4OS/c23-16(19-14-6-4-5-7-14)12-24-18-20-17(13-10-11-13)21-22(18)15-8-2-1-3-9-15/h1-3,8-9,13-14H,4-7,10-12H2,(H,19,23). The van der Waals surface area contributed by atoms with E-state index in [9.17, 15) is 4.79 Å². The van der Waals surface area contributed by atoms with Crippen LogP contribution in [0.5, 0.6) is 0 Å². The Balaban J connectivity index is 1.46. The number of thioether (sulfide) groups is 1. The van der Waals surface area contributed by atoms with E-state index in [0.29, 0.717) is 17.7 Å². The molecule has 0 radical (unpaired) electrons. The summed E-state index contributed by atoms with van der Waals surface area (Å²) in [6.07, 6.45) is 7.03. The van der Waals surface area contributed by atoms with Crippen LogP contribution in [0.3, 0.4) is 0 Å². The molecule has 1 amide bonds. The van der Waals surface area contributed by atoms with Crippen molar-refractivity contribution in [1.29, 1.82) is 0 Å². The van der Waals surface area contributed by atoms with Gasteiger partial charge in [-0.15, -0.1) is 5.10 Å². The highest BCUT2D eigenvalue weighted by molar-refractivity contribution is 7.99. The van der Waals surface area contributed by atoms with Crippen molar-refractivity contribution in [3.63, 3.8) is 0 Å². The number of nitrogens with one attached hydrogen (secondary N) is 1. The van der Waals surface area contributed by atoms with Crippen LogP contribution in [0.4, 0.5) is 0 Å². The van der Waals surface area contributed by atoms with Crippen LogP contribution in [0.2, 0.25) is 0 Å². The van der Waals surface area contributed by atoms with E-state index in [0.717, 1.165) is 29.5 Å². The maximum absolute atomic E-state index is 12.2. The van der Waals surface area contributed by atoms with Crippen LogP contribution in [0, 0.1) is 0 Å². The largest absolute Gasteiger partial charge is 0.353 e. The number of hydrogen-bond donors (Lipinski definition) is 1. The van der Waals surface area contributed by atoms with Gasteiger partial charge in [0.05, 0.1) is 11.4 Å². The molecule has 0 atom stereocenters. The third-order valence-electron chi connectivity index (χ3n) is 4.59. The SMILES string of the molecule is O=C(CSc1nc(C2CC2)nn1-c1ccccc1)NC1CCCC1. The molecule has 0 aliphatic heterocycles. The number of carbonyl (C=O) groups is 1. The maximum atomic E-state index is 12.2. The molecule has 5 nitrogen and oxygen atoms in total. The number of aromatic nitrogens is 3. The van der Waals surface area contributed by atoms with Crippen LogP contribution < -0.4 is 5.32 Å². The van der Waals surface area contributed by atoms with Crippen molar-refractivity contribution in [3.05, 3.63) is 36.2 Å². The lowest BCUT2D eigenvalue weighted by atomic mass is 10.2. The van der Waals surface area contributed by atoms with Gasteiger partial charge >= 0.3 is 0 Å². The van der Waals surface area contributed by atoms with Gasteiger partial charge in [-0.25, -0.2) is 9.67 Å². The van der Waals surface area contributed by atoms with Gasteiger partial charge in [-0.05, 0) is 37.8 Å². The number of benzene rings is 1. The molecule has 2 saturated carbocycles. The molecule has 2 fully saturated rings. The quantitative estimate of drug-likeness (QED) is 0.818. The second-order valence-electron chi connectivity index (χ2n) is 6.61. The number of hydrogen-bond acceptors (Lipinski definition) is 4. The molecule has 0 saturated heterocycles. The molecule has 0 bridgehead atoms. The Labute approximate surface area is 146 Å². The Morgan fingerprint density at radius 2 is 1.92 bits per heavy atom. The molecule has 126 valence electrons. The zero-order valence-corrected chi connectivity index (χ0v) is 14.5. The van der Waals surface area contributed by atoms with Crippen molar-refractivity contribution >= 4 is 17.7 Å². The third kappa shape index (κ3) is 3.64. The van der Waals surface area contributed by atoms with E-state index in [1.54, 1.807) is 0 Å². The molecule has 0 unspecified atom stereocenters. The lowest BCUT2D eigenvalue weighted by Gasteiger charge is -2.11. The Kier molecular flexibility index (Phi) is 4.56. The second-order valence-corrected chi connectivity index (χ2v) is 7.55. The molecule has 2 aliphatic carbocycles. The summed E-state index contributed by atoms with van der Waals surface area (Å²) < 4.78 is 1.88. The number of amides is 1. The van der Waals surface area contributed by atoms with E-state index >= 15 is 0 Å². The van der Waals surface area contributed by atoms with Crippen LogP contribution in [-0.2, 0) is 4.79 Å². The highest BCUT2D eigenvalue weighted by atomic mass is 32.2. The lowest BCUT2D eigenvalue weighted by molar-refractivity contribution is -0.119. The van der Waals surface area contributed by atoms with Gasteiger partial charge in [0.2, 0.25) is 5.91 Å². The Morgan fingerprint density at radius 1 is 1.17 bits per heavy atom. The molecule has 1 aromatic carbocycles. The first-order valence-corrected chi connectivity index (χ1v) is 9.73. The van der Waals surface area contributed by atoms with Crippen LogP contribution in [0.1, 0.15) is 50.3 Å². The van der Waals surface area contributed by atoms with Gasteiger partial charge in [0, 0.05) is 12.0 Å². The predicted molar refractivity (Wildman–Crippen MR) is 94.5 cm³/mol. The van der Waals surface area contributed by atoms with E-state index in [-0.39, 0.29) is 5.91 Å². The third-order valence-corrected chi connectivity index (χ3v) is 5.52. The normalized spacial score (nSPS) is 18.0. The van der Waals surface area contributed by atoms with E-state index in [1.807, 2.05) is 35.0 Å². The molecule has 2 aromatic rings. The van der Waals surface area contributed by atoms with Gasteiger partial charge in [-0.1, -0.05) is 42.8 Å². The van der Waals surface area contributed by atoms with Gasteiger partial charge in [0.25, 0.3) is 0 Å². The molecule has 6 heteroatoms. The number of rotatable bonds is 6. The Bertz CT molecular complexity index is 705. The Hall–Kier alpha value is -1.82. The Morgan fingerprint density at radius 3 is 2.62 bits per heavy atom.